The first kappa shape index (κ1) is 21.2. The van der Waals surface area contributed by atoms with Gasteiger partial charge in [0, 0.05) is 11.7 Å². The maximum Gasteiger partial charge on any atom is 0.258 e. The first-order valence-electron chi connectivity index (χ1n) is 9.66. The number of rotatable bonds is 9. The second-order valence-electron chi connectivity index (χ2n) is 6.92. The van der Waals surface area contributed by atoms with Crippen molar-refractivity contribution in [1.29, 1.82) is 0 Å². The number of benzene rings is 2. The summed E-state index contributed by atoms with van der Waals surface area (Å²) < 4.78 is 10.3. The Labute approximate surface area is 175 Å². The van der Waals surface area contributed by atoms with Crippen LogP contribution in [0.4, 0.5) is 5.69 Å². The molecule has 1 saturated carbocycles. The lowest BCUT2D eigenvalue weighted by Crippen LogP contribution is -2.44. The van der Waals surface area contributed by atoms with Gasteiger partial charge in [-0.3, -0.25) is 14.4 Å². The highest BCUT2D eigenvalue weighted by Gasteiger charge is 2.35. The van der Waals surface area contributed by atoms with E-state index in [0.29, 0.717) is 22.7 Å². The van der Waals surface area contributed by atoms with E-state index in [4.69, 9.17) is 9.47 Å². The Morgan fingerprint density at radius 3 is 2.30 bits per heavy atom. The van der Waals surface area contributed by atoms with Crippen LogP contribution in [0.5, 0.6) is 11.5 Å². The van der Waals surface area contributed by atoms with Gasteiger partial charge in [-0.05, 0) is 49.2 Å². The van der Waals surface area contributed by atoms with Crippen LogP contribution in [-0.4, -0.2) is 56.0 Å². The largest absolute Gasteiger partial charge is 0.497 e. The summed E-state index contributed by atoms with van der Waals surface area (Å²) in [6.45, 7) is -0.302. The fraction of sp³-hybridized carbons (Fsp3) is 0.318. The molecule has 3 amide bonds. The van der Waals surface area contributed by atoms with Crippen molar-refractivity contribution in [1.82, 2.24) is 10.2 Å². The smallest absolute Gasteiger partial charge is 0.258 e. The Morgan fingerprint density at radius 2 is 1.67 bits per heavy atom. The van der Waals surface area contributed by atoms with Gasteiger partial charge in [-0.15, -0.1) is 0 Å². The van der Waals surface area contributed by atoms with Crippen LogP contribution in [-0.2, 0) is 9.59 Å². The van der Waals surface area contributed by atoms with Gasteiger partial charge in [0.15, 0.2) is 0 Å². The average Bonchev–Trinajstić information content (AvgIpc) is 3.61. The van der Waals surface area contributed by atoms with Gasteiger partial charge in [0.2, 0.25) is 11.8 Å². The van der Waals surface area contributed by atoms with Crippen LogP contribution in [0.2, 0.25) is 0 Å². The molecular weight excluding hydrogens is 386 g/mol. The number of para-hydroxylation sites is 1. The summed E-state index contributed by atoms with van der Waals surface area (Å²) in [5, 5.41) is 5.27. The van der Waals surface area contributed by atoms with Crippen molar-refractivity contribution in [2.24, 2.45) is 0 Å². The maximum atomic E-state index is 12.9. The molecule has 30 heavy (non-hydrogen) atoms. The molecule has 8 nitrogen and oxygen atoms in total. The fourth-order valence-electron chi connectivity index (χ4n) is 3.00. The summed E-state index contributed by atoms with van der Waals surface area (Å²) in [6, 6.07) is 13.8. The van der Waals surface area contributed by atoms with Crippen molar-refractivity contribution in [3.8, 4) is 11.5 Å². The molecule has 1 aliphatic rings. The molecule has 3 rings (SSSR count). The van der Waals surface area contributed by atoms with E-state index in [-0.39, 0.29) is 30.9 Å². The highest BCUT2D eigenvalue weighted by molar-refractivity contribution is 6.00. The molecule has 0 heterocycles. The van der Waals surface area contributed by atoms with Crippen LogP contribution in [0.3, 0.4) is 0 Å². The predicted octanol–water partition coefficient (Wildman–Crippen LogP) is 2.06. The Morgan fingerprint density at radius 1 is 0.967 bits per heavy atom. The Bertz CT molecular complexity index is 909. The van der Waals surface area contributed by atoms with Crippen LogP contribution in [0.1, 0.15) is 23.2 Å². The van der Waals surface area contributed by atoms with Gasteiger partial charge >= 0.3 is 0 Å². The summed E-state index contributed by atoms with van der Waals surface area (Å²) in [5.41, 5.74) is 1.01. The monoisotopic (exact) mass is 411 g/mol. The summed E-state index contributed by atoms with van der Waals surface area (Å²) in [7, 11) is 3.06. The Kier molecular flexibility index (Phi) is 6.90. The molecule has 0 spiro atoms. The lowest BCUT2D eigenvalue weighted by molar-refractivity contribution is -0.124. The van der Waals surface area contributed by atoms with E-state index in [1.54, 1.807) is 55.6 Å². The number of anilines is 1. The molecule has 8 heteroatoms. The highest BCUT2D eigenvalue weighted by Crippen LogP contribution is 2.30. The maximum absolute atomic E-state index is 12.9. The third kappa shape index (κ3) is 5.50. The number of carbonyl (C=O) groups is 3. The van der Waals surface area contributed by atoms with E-state index in [9.17, 15) is 14.4 Å². The molecule has 0 bridgehead atoms. The van der Waals surface area contributed by atoms with Gasteiger partial charge in [-0.25, -0.2) is 0 Å². The molecule has 0 radical (unpaired) electrons. The molecule has 2 aromatic rings. The molecule has 0 unspecified atom stereocenters. The van der Waals surface area contributed by atoms with Crippen LogP contribution in [0, 0.1) is 0 Å². The number of methoxy groups -OCH3 is 2. The molecule has 0 atom stereocenters. The summed E-state index contributed by atoms with van der Waals surface area (Å²) >= 11 is 0. The van der Waals surface area contributed by atoms with Crippen molar-refractivity contribution in [2.45, 2.75) is 18.9 Å². The van der Waals surface area contributed by atoms with E-state index in [1.807, 2.05) is 0 Å². The molecule has 1 aliphatic carbocycles. The topological polar surface area (TPSA) is 97.0 Å². The Balaban J connectivity index is 1.54. The normalized spacial score (nSPS) is 12.6. The zero-order valence-electron chi connectivity index (χ0n) is 17.0. The molecule has 0 aliphatic heterocycles. The minimum absolute atomic E-state index is 0.0290. The zero-order valence-corrected chi connectivity index (χ0v) is 17.0. The third-order valence-corrected chi connectivity index (χ3v) is 4.72. The standard InChI is InChI=1S/C22H25N3O5/c1-29-17-11-7-15(8-12-17)24-20(26)13-23-21(27)14-25(16-9-10-16)22(28)18-5-3-4-6-19(18)30-2/h3-8,11-12,16H,9-10,13-14H2,1-2H3,(H,23,27)(H,24,26). The van der Waals surface area contributed by atoms with Crippen molar-refractivity contribution in [3.05, 3.63) is 54.1 Å². The van der Waals surface area contributed by atoms with Crippen LogP contribution in [0.15, 0.2) is 48.5 Å². The first-order chi connectivity index (χ1) is 14.5. The van der Waals surface area contributed by atoms with Crippen molar-refractivity contribution >= 4 is 23.4 Å². The van der Waals surface area contributed by atoms with Crippen molar-refractivity contribution < 1.29 is 23.9 Å². The van der Waals surface area contributed by atoms with E-state index < -0.39 is 5.91 Å². The average molecular weight is 411 g/mol. The molecule has 2 aromatic carbocycles. The second-order valence-corrected chi connectivity index (χ2v) is 6.92. The SMILES string of the molecule is COc1ccc(NC(=O)CNC(=O)CN(C(=O)c2ccccc2OC)C2CC2)cc1. The number of hydrogen-bond acceptors (Lipinski definition) is 5. The quantitative estimate of drug-likeness (QED) is 0.658. The summed E-state index contributed by atoms with van der Waals surface area (Å²) in [5.74, 6) is 0.138. The number of carbonyl (C=O) groups excluding carboxylic acids is 3. The number of hydrogen-bond donors (Lipinski definition) is 2. The Hall–Kier alpha value is -3.55. The third-order valence-electron chi connectivity index (χ3n) is 4.72. The van der Waals surface area contributed by atoms with E-state index in [1.165, 1.54) is 12.0 Å². The molecule has 0 saturated heterocycles. The number of nitrogens with one attached hydrogen (secondary N) is 2. The summed E-state index contributed by atoms with van der Waals surface area (Å²) in [6.07, 6.45) is 1.71. The van der Waals surface area contributed by atoms with E-state index in [2.05, 4.69) is 10.6 Å². The van der Waals surface area contributed by atoms with Gasteiger partial charge in [0.05, 0.1) is 26.3 Å². The molecule has 2 N–H and O–H groups in total. The minimum atomic E-state index is -0.393. The highest BCUT2D eigenvalue weighted by atomic mass is 16.5. The van der Waals surface area contributed by atoms with Crippen LogP contribution in [0.25, 0.3) is 0 Å². The van der Waals surface area contributed by atoms with Gasteiger partial charge in [-0.1, -0.05) is 12.1 Å². The number of nitrogens with zero attached hydrogens (tertiary/aromatic N) is 1. The number of ether oxygens (including phenoxy) is 2. The van der Waals surface area contributed by atoms with E-state index in [0.717, 1.165) is 12.8 Å². The van der Waals surface area contributed by atoms with E-state index >= 15 is 0 Å². The second kappa shape index (κ2) is 9.78. The van der Waals surface area contributed by atoms with Gasteiger partial charge < -0.3 is 25.0 Å². The minimum Gasteiger partial charge on any atom is -0.497 e. The fourth-order valence-corrected chi connectivity index (χ4v) is 3.00. The molecule has 0 aromatic heterocycles. The van der Waals surface area contributed by atoms with Gasteiger partial charge in [0.1, 0.15) is 18.0 Å². The predicted molar refractivity (Wildman–Crippen MR) is 112 cm³/mol. The number of amides is 3. The van der Waals surface area contributed by atoms with Crippen LogP contribution >= 0.6 is 0 Å². The van der Waals surface area contributed by atoms with Gasteiger partial charge in [0.25, 0.3) is 5.91 Å². The first-order valence-corrected chi connectivity index (χ1v) is 9.66. The van der Waals surface area contributed by atoms with Crippen molar-refractivity contribution in [3.63, 3.8) is 0 Å². The van der Waals surface area contributed by atoms with Gasteiger partial charge in [-0.2, -0.15) is 0 Å². The molecule has 1 fully saturated rings. The van der Waals surface area contributed by atoms with Crippen LogP contribution < -0.4 is 20.1 Å². The zero-order chi connectivity index (χ0) is 21.5. The lowest BCUT2D eigenvalue weighted by Gasteiger charge is -2.22. The lowest BCUT2D eigenvalue weighted by atomic mass is 10.1. The summed E-state index contributed by atoms with van der Waals surface area (Å²) in [4.78, 5) is 39.0. The molecular formula is C22H25N3O5. The van der Waals surface area contributed by atoms with Crippen molar-refractivity contribution in [2.75, 3.05) is 32.6 Å². The molecule has 158 valence electrons.